The molecule has 0 spiro atoms. The van der Waals surface area contributed by atoms with Crippen LogP contribution in [0.2, 0.25) is 0 Å². The van der Waals surface area contributed by atoms with E-state index in [1.54, 1.807) is 0 Å². The Hall–Kier alpha value is -2.04. The average Bonchev–Trinajstić information content (AvgIpc) is 2.43. The highest BCUT2D eigenvalue weighted by Crippen LogP contribution is 2.09. The summed E-state index contributed by atoms with van der Waals surface area (Å²) in [5.41, 5.74) is 1.63. The van der Waals surface area contributed by atoms with Crippen LogP contribution < -0.4 is 5.32 Å². The van der Waals surface area contributed by atoms with Gasteiger partial charge in [0.1, 0.15) is 5.60 Å². The number of methoxy groups -OCH3 is 1. The molecule has 22 heavy (non-hydrogen) atoms. The van der Waals surface area contributed by atoms with E-state index in [1.807, 2.05) is 45.0 Å². The van der Waals surface area contributed by atoms with Gasteiger partial charge in [-0.25, -0.2) is 4.79 Å². The summed E-state index contributed by atoms with van der Waals surface area (Å²) in [6.07, 6.45) is 1.59. The summed E-state index contributed by atoms with van der Waals surface area (Å²) in [5.74, 6) is -0.241. The molecule has 0 aliphatic carbocycles. The van der Waals surface area contributed by atoms with Crippen molar-refractivity contribution in [1.82, 2.24) is 5.32 Å². The van der Waals surface area contributed by atoms with Crippen LogP contribution >= 0.6 is 0 Å². The first-order valence-corrected chi connectivity index (χ1v) is 7.41. The van der Waals surface area contributed by atoms with Crippen LogP contribution in [0.4, 0.5) is 4.79 Å². The number of benzene rings is 1. The molecule has 0 heterocycles. The molecule has 0 unspecified atom stereocenters. The van der Waals surface area contributed by atoms with Gasteiger partial charge in [0.05, 0.1) is 13.5 Å². The van der Waals surface area contributed by atoms with E-state index in [2.05, 4.69) is 10.1 Å². The summed E-state index contributed by atoms with van der Waals surface area (Å²) >= 11 is 0. The van der Waals surface area contributed by atoms with Gasteiger partial charge >= 0.3 is 12.1 Å². The number of carbonyl (C=O) groups is 2. The molecule has 0 saturated heterocycles. The van der Waals surface area contributed by atoms with Crippen molar-refractivity contribution in [1.29, 1.82) is 0 Å². The molecule has 0 aliphatic heterocycles. The summed E-state index contributed by atoms with van der Waals surface area (Å²) in [7, 11) is 1.38. The summed E-state index contributed by atoms with van der Waals surface area (Å²) in [4.78, 5) is 22.6. The van der Waals surface area contributed by atoms with E-state index in [0.717, 1.165) is 18.4 Å². The van der Waals surface area contributed by atoms with E-state index in [0.29, 0.717) is 6.54 Å². The highest BCUT2D eigenvalue weighted by molar-refractivity contribution is 5.72. The lowest BCUT2D eigenvalue weighted by Crippen LogP contribution is -2.33. The third-order valence-electron chi connectivity index (χ3n) is 2.91. The fourth-order valence-corrected chi connectivity index (χ4v) is 1.86. The number of esters is 1. The van der Waals surface area contributed by atoms with Gasteiger partial charge in [-0.15, -0.1) is 0 Å². The van der Waals surface area contributed by atoms with Crippen molar-refractivity contribution < 1.29 is 19.1 Å². The van der Waals surface area contributed by atoms with Crippen molar-refractivity contribution in [3.05, 3.63) is 35.4 Å². The fourth-order valence-electron chi connectivity index (χ4n) is 1.86. The number of nitrogens with one attached hydrogen (secondary N) is 1. The van der Waals surface area contributed by atoms with E-state index in [4.69, 9.17) is 4.74 Å². The van der Waals surface area contributed by atoms with E-state index in [9.17, 15) is 9.59 Å². The molecule has 1 aromatic rings. The first-order chi connectivity index (χ1) is 10.3. The molecule has 1 aromatic carbocycles. The van der Waals surface area contributed by atoms with Crippen LogP contribution in [0.3, 0.4) is 0 Å². The van der Waals surface area contributed by atoms with Crippen molar-refractivity contribution in [2.24, 2.45) is 0 Å². The molecular weight excluding hydrogens is 282 g/mol. The van der Waals surface area contributed by atoms with Crippen molar-refractivity contribution in [3.63, 3.8) is 0 Å². The van der Waals surface area contributed by atoms with Crippen LogP contribution in [0.15, 0.2) is 24.3 Å². The molecule has 1 rings (SSSR count). The number of ether oxygens (including phenoxy) is 2. The third kappa shape index (κ3) is 7.67. The maximum atomic E-state index is 11.5. The van der Waals surface area contributed by atoms with Crippen LogP contribution in [0, 0.1) is 0 Å². The number of carbonyl (C=O) groups excluding carboxylic acids is 2. The smallest absolute Gasteiger partial charge is 0.407 e. The van der Waals surface area contributed by atoms with Crippen LogP contribution in [-0.2, 0) is 27.1 Å². The monoisotopic (exact) mass is 307 g/mol. The SMILES string of the molecule is COC(=O)Cc1ccc(CCCNC(=O)OC(C)(C)C)cc1. The maximum Gasteiger partial charge on any atom is 0.407 e. The van der Waals surface area contributed by atoms with Gasteiger partial charge in [-0.3, -0.25) is 4.79 Å². The summed E-state index contributed by atoms with van der Waals surface area (Å²) < 4.78 is 9.79. The van der Waals surface area contributed by atoms with E-state index in [-0.39, 0.29) is 18.5 Å². The van der Waals surface area contributed by atoms with Gasteiger partial charge in [-0.1, -0.05) is 24.3 Å². The minimum atomic E-state index is -0.473. The third-order valence-corrected chi connectivity index (χ3v) is 2.91. The Morgan fingerprint density at radius 2 is 1.68 bits per heavy atom. The minimum absolute atomic E-state index is 0.241. The molecule has 0 fully saturated rings. The first-order valence-electron chi connectivity index (χ1n) is 7.41. The van der Waals surface area contributed by atoms with Gasteiger partial charge in [0.15, 0.2) is 0 Å². The Labute approximate surface area is 132 Å². The lowest BCUT2D eigenvalue weighted by molar-refractivity contribution is -0.139. The molecule has 5 nitrogen and oxygen atoms in total. The zero-order valence-electron chi connectivity index (χ0n) is 13.8. The number of hydrogen-bond acceptors (Lipinski definition) is 4. The Morgan fingerprint density at radius 1 is 1.09 bits per heavy atom. The maximum absolute atomic E-state index is 11.5. The molecule has 0 atom stereocenters. The average molecular weight is 307 g/mol. The summed E-state index contributed by atoms with van der Waals surface area (Å²) in [6.45, 7) is 6.08. The molecule has 0 radical (unpaired) electrons. The van der Waals surface area contributed by atoms with Gasteiger partial charge < -0.3 is 14.8 Å². The van der Waals surface area contributed by atoms with Crippen LogP contribution in [0.1, 0.15) is 38.3 Å². The predicted molar refractivity (Wildman–Crippen MR) is 84.7 cm³/mol. The molecule has 0 saturated carbocycles. The highest BCUT2D eigenvalue weighted by Gasteiger charge is 2.15. The van der Waals surface area contributed by atoms with Crippen LogP contribution in [-0.4, -0.2) is 31.3 Å². The zero-order chi connectivity index (χ0) is 16.6. The normalized spacial score (nSPS) is 10.9. The molecule has 1 amide bonds. The Balaban J connectivity index is 2.28. The van der Waals surface area contributed by atoms with E-state index in [1.165, 1.54) is 12.7 Å². The second kappa shape index (κ2) is 8.41. The molecule has 1 N–H and O–H groups in total. The number of alkyl carbamates (subject to hydrolysis) is 1. The van der Waals surface area contributed by atoms with Gasteiger partial charge in [0.2, 0.25) is 0 Å². The van der Waals surface area contributed by atoms with E-state index >= 15 is 0 Å². The largest absolute Gasteiger partial charge is 0.469 e. The second-order valence-corrected chi connectivity index (χ2v) is 6.10. The van der Waals surface area contributed by atoms with Crippen LogP contribution in [0.25, 0.3) is 0 Å². The standard InChI is InChI=1S/C17H25NO4/c1-17(2,3)22-16(20)18-11-5-6-13-7-9-14(10-8-13)12-15(19)21-4/h7-10H,5-6,11-12H2,1-4H3,(H,18,20). The van der Waals surface area contributed by atoms with Crippen molar-refractivity contribution in [2.75, 3.05) is 13.7 Å². The van der Waals surface area contributed by atoms with Gasteiger partial charge in [-0.2, -0.15) is 0 Å². The van der Waals surface area contributed by atoms with Gasteiger partial charge in [-0.05, 0) is 44.7 Å². The second-order valence-electron chi connectivity index (χ2n) is 6.10. The molecule has 0 aliphatic rings. The Morgan fingerprint density at radius 3 is 2.23 bits per heavy atom. The summed E-state index contributed by atoms with van der Waals surface area (Å²) in [5, 5.41) is 2.73. The van der Waals surface area contributed by atoms with Crippen molar-refractivity contribution in [3.8, 4) is 0 Å². The lowest BCUT2D eigenvalue weighted by atomic mass is 10.1. The summed E-state index contributed by atoms with van der Waals surface area (Å²) in [6, 6.07) is 7.83. The quantitative estimate of drug-likeness (QED) is 0.648. The van der Waals surface area contributed by atoms with Gasteiger partial charge in [0.25, 0.3) is 0 Å². The predicted octanol–water partition coefficient (Wildman–Crippen LogP) is 2.86. The lowest BCUT2D eigenvalue weighted by Gasteiger charge is -2.19. The molecule has 122 valence electrons. The number of aryl methyl sites for hydroxylation is 1. The zero-order valence-corrected chi connectivity index (χ0v) is 13.8. The number of hydrogen-bond donors (Lipinski definition) is 1. The molecule has 0 aromatic heterocycles. The fraction of sp³-hybridized carbons (Fsp3) is 0.529. The number of amides is 1. The molecule has 5 heteroatoms. The Kier molecular flexibility index (Phi) is 6.89. The van der Waals surface area contributed by atoms with Crippen molar-refractivity contribution >= 4 is 12.1 Å². The Bertz CT molecular complexity index is 488. The van der Waals surface area contributed by atoms with Crippen LogP contribution in [0.5, 0.6) is 0 Å². The highest BCUT2D eigenvalue weighted by atomic mass is 16.6. The van der Waals surface area contributed by atoms with E-state index < -0.39 is 5.60 Å². The minimum Gasteiger partial charge on any atom is -0.469 e. The number of rotatable bonds is 6. The molecule has 0 bridgehead atoms. The van der Waals surface area contributed by atoms with Crippen molar-refractivity contribution in [2.45, 2.75) is 45.6 Å². The first kappa shape index (κ1) is 18.0. The topological polar surface area (TPSA) is 64.6 Å². The molecular formula is C17H25NO4. The van der Waals surface area contributed by atoms with Gasteiger partial charge in [0, 0.05) is 6.54 Å².